The molecule has 0 amide bonds. The molecule has 0 spiro atoms. The molecule has 0 aliphatic heterocycles. The van der Waals surface area contributed by atoms with E-state index in [2.05, 4.69) is 13.8 Å². The summed E-state index contributed by atoms with van der Waals surface area (Å²) in [6, 6.07) is 0. The van der Waals surface area contributed by atoms with Crippen LogP contribution in [-0.2, 0) is 0 Å². The molecule has 6 atom stereocenters. The Morgan fingerprint density at radius 1 is 1.19 bits per heavy atom. The third kappa shape index (κ3) is 3.46. The van der Waals surface area contributed by atoms with Crippen LogP contribution in [0, 0.1) is 23.2 Å². The van der Waals surface area contributed by atoms with Gasteiger partial charge in [0.2, 0.25) is 0 Å². The largest absolute Gasteiger partial charge is 0.393 e. The Morgan fingerprint density at radius 3 is 2.48 bits per heavy atom. The molecule has 21 heavy (non-hydrogen) atoms. The fourth-order valence-electron chi connectivity index (χ4n) is 5.10. The summed E-state index contributed by atoms with van der Waals surface area (Å²) in [6.07, 6.45) is 6.56. The summed E-state index contributed by atoms with van der Waals surface area (Å²) in [5.41, 5.74) is -0.736. The maximum Gasteiger partial charge on any atom is 0.0849 e. The summed E-state index contributed by atoms with van der Waals surface area (Å²) >= 11 is 0. The van der Waals surface area contributed by atoms with Crippen molar-refractivity contribution >= 4 is 0 Å². The van der Waals surface area contributed by atoms with Crippen LogP contribution in [0.15, 0.2) is 0 Å². The minimum atomic E-state index is -1.01. The number of hydrogen-bond donors (Lipinski definition) is 3. The van der Waals surface area contributed by atoms with Crippen molar-refractivity contribution in [2.75, 3.05) is 0 Å². The summed E-state index contributed by atoms with van der Waals surface area (Å²) < 4.78 is 0. The van der Waals surface area contributed by atoms with Gasteiger partial charge in [-0.1, -0.05) is 20.3 Å². The monoisotopic (exact) mass is 298 g/mol. The first-order valence-electron chi connectivity index (χ1n) is 8.74. The highest BCUT2D eigenvalue weighted by atomic mass is 16.3. The molecule has 2 fully saturated rings. The van der Waals surface area contributed by atoms with Gasteiger partial charge in [-0.25, -0.2) is 0 Å². The van der Waals surface area contributed by atoms with Gasteiger partial charge in [0, 0.05) is 0 Å². The van der Waals surface area contributed by atoms with Gasteiger partial charge in [-0.3, -0.25) is 0 Å². The Balaban J connectivity index is 1.95. The predicted octanol–water partition coefficient (Wildman–Crippen LogP) is 3.11. The molecular weight excluding hydrogens is 264 g/mol. The third-order valence-electron chi connectivity index (χ3n) is 6.56. The molecule has 0 aromatic heterocycles. The van der Waals surface area contributed by atoms with Crippen LogP contribution in [0.5, 0.6) is 0 Å². The summed E-state index contributed by atoms with van der Waals surface area (Å²) in [5, 5.41) is 30.2. The average molecular weight is 298 g/mol. The van der Waals surface area contributed by atoms with Gasteiger partial charge in [0.1, 0.15) is 0 Å². The van der Waals surface area contributed by atoms with Gasteiger partial charge in [0.25, 0.3) is 0 Å². The van der Waals surface area contributed by atoms with Gasteiger partial charge in [-0.15, -0.1) is 0 Å². The highest BCUT2D eigenvalue weighted by Gasteiger charge is 2.52. The second-order valence-corrected chi connectivity index (χ2v) is 8.48. The molecule has 0 aromatic rings. The van der Waals surface area contributed by atoms with Crippen molar-refractivity contribution in [1.82, 2.24) is 0 Å². The van der Waals surface area contributed by atoms with E-state index < -0.39 is 11.7 Å². The Labute approximate surface area is 129 Å². The van der Waals surface area contributed by atoms with E-state index in [-0.39, 0.29) is 11.5 Å². The Kier molecular flexibility index (Phi) is 5.07. The van der Waals surface area contributed by atoms with E-state index in [1.165, 1.54) is 12.8 Å². The predicted molar refractivity (Wildman–Crippen MR) is 84.9 cm³/mol. The van der Waals surface area contributed by atoms with Crippen molar-refractivity contribution < 1.29 is 15.3 Å². The van der Waals surface area contributed by atoms with Crippen molar-refractivity contribution in [3.05, 3.63) is 0 Å². The van der Waals surface area contributed by atoms with E-state index >= 15 is 0 Å². The van der Waals surface area contributed by atoms with E-state index in [0.29, 0.717) is 24.2 Å². The quantitative estimate of drug-likeness (QED) is 0.731. The molecule has 3 nitrogen and oxygen atoms in total. The lowest BCUT2D eigenvalue weighted by Crippen LogP contribution is -2.42. The standard InChI is InChI=1S/C18H34O3/c1-12(7-10-16(20)17(2,3)21)13-8-9-14-15(19)6-5-11-18(13,14)4/h12-16,19-21H,5-11H2,1-4H3/t12-,13+,14-,15-,16-,18+/m0/s1. The molecule has 0 aromatic carbocycles. The lowest BCUT2D eigenvalue weighted by molar-refractivity contribution is -0.0582. The molecule has 3 N–H and O–H groups in total. The second kappa shape index (κ2) is 6.17. The Bertz CT molecular complexity index is 349. The number of fused-ring (bicyclic) bond motifs is 1. The Hall–Kier alpha value is -0.120. The molecule has 0 bridgehead atoms. The summed E-state index contributed by atoms with van der Waals surface area (Å²) in [6.45, 7) is 8.01. The molecule has 3 heteroatoms. The number of rotatable bonds is 5. The van der Waals surface area contributed by atoms with Crippen LogP contribution in [0.1, 0.15) is 72.6 Å². The van der Waals surface area contributed by atoms with Gasteiger partial charge >= 0.3 is 0 Å². The van der Waals surface area contributed by atoms with Crippen molar-refractivity contribution in [2.45, 2.75) is 90.4 Å². The van der Waals surface area contributed by atoms with Crippen LogP contribution < -0.4 is 0 Å². The molecule has 0 radical (unpaired) electrons. The van der Waals surface area contributed by atoms with E-state index in [0.717, 1.165) is 25.7 Å². The van der Waals surface area contributed by atoms with Gasteiger partial charge in [0.05, 0.1) is 17.8 Å². The molecule has 0 unspecified atom stereocenters. The molecule has 0 saturated heterocycles. The van der Waals surface area contributed by atoms with Gasteiger partial charge < -0.3 is 15.3 Å². The van der Waals surface area contributed by atoms with Crippen LogP contribution >= 0.6 is 0 Å². The zero-order valence-corrected chi connectivity index (χ0v) is 14.2. The molecule has 2 aliphatic rings. The van der Waals surface area contributed by atoms with Crippen LogP contribution in [0.3, 0.4) is 0 Å². The fourth-order valence-corrected chi connectivity index (χ4v) is 5.10. The van der Waals surface area contributed by atoms with Gasteiger partial charge in [-0.05, 0) is 75.5 Å². The first-order chi connectivity index (χ1) is 9.66. The first kappa shape index (κ1) is 17.2. The van der Waals surface area contributed by atoms with Gasteiger partial charge in [-0.2, -0.15) is 0 Å². The van der Waals surface area contributed by atoms with Crippen LogP contribution in [0.4, 0.5) is 0 Å². The van der Waals surface area contributed by atoms with Gasteiger partial charge in [0.15, 0.2) is 0 Å². The highest BCUT2D eigenvalue weighted by molar-refractivity contribution is 5.01. The molecule has 2 rings (SSSR count). The summed E-state index contributed by atoms with van der Waals surface area (Å²) in [4.78, 5) is 0. The van der Waals surface area contributed by atoms with Crippen LogP contribution in [0.25, 0.3) is 0 Å². The minimum Gasteiger partial charge on any atom is -0.393 e. The lowest BCUT2D eigenvalue weighted by Gasteiger charge is -2.45. The molecule has 2 saturated carbocycles. The fraction of sp³-hybridized carbons (Fsp3) is 1.00. The van der Waals surface area contributed by atoms with Crippen molar-refractivity contribution in [2.24, 2.45) is 23.2 Å². The second-order valence-electron chi connectivity index (χ2n) is 8.48. The molecule has 0 heterocycles. The van der Waals surface area contributed by atoms with E-state index in [1.54, 1.807) is 13.8 Å². The smallest absolute Gasteiger partial charge is 0.0849 e. The number of hydrogen-bond acceptors (Lipinski definition) is 3. The maximum absolute atomic E-state index is 10.3. The normalized spacial score (nSPS) is 39.9. The zero-order chi connectivity index (χ0) is 15.8. The van der Waals surface area contributed by atoms with E-state index in [1.807, 2.05) is 0 Å². The minimum absolute atomic E-state index is 0.108. The maximum atomic E-state index is 10.3. The van der Waals surface area contributed by atoms with Crippen LogP contribution in [-0.4, -0.2) is 33.1 Å². The first-order valence-corrected chi connectivity index (χ1v) is 8.74. The summed E-state index contributed by atoms with van der Waals surface area (Å²) in [7, 11) is 0. The van der Waals surface area contributed by atoms with E-state index in [4.69, 9.17) is 0 Å². The highest BCUT2D eigenvalue weighted by Crippen LogP contribution is 2.58. The summed E-state index contributed by atoms with van der Waals surface area (Å²) in [5.74, 6) is 1.66. The van der Waals surface area contributed by atoms with Crippen molar-refractivity contribution in [1.29, 1.82) is 0 Å². The third-order valence-corrected chi connectivity index (χ3v) is 6.56. The van der Waals surface area contributed by atoms with Crippen LogP contribution in [0.2, 0.25) is 0 Å². The molecule has 2 aliphatic carbocycles. The number of aliphatic hydroxyl groups is 3. The number of aliphatic hydroxyl groups excluding tert-OH is 2. The molecule has 124 valence electrons. The average Bonchev–Trinajstić information content (AvgIpc) is 2.73. The SMILES string of the molecule is C[C@@H](CC[C@H](O)C(C)(C)O)[C@H]1CC[C@H]2[C@@H](O)CCC[C@]12C. The lowest BCUT2D eigenvalue weighted by atomic mass is 9.61. The zero-order valence-electron chi connectivity index (χ0n) is 14.2. The van der Waals surface area contributed by atoms with Crippen molar-refractivity contribution in [3.8, 4) is 0 Å². The van der Waals surface area contributed by atoms with Crippen molar-refractivity contribution in [3.63, 3.8) is 0 Å². The van der Waals surface area contributed by atoms with E-state index in [9.17, 15) is 15.3 Å². The molecular formula is C18H34O3. The topological polar surface area (TPSA) is 60.7 Å². The Morgan fingerprint density at radius 2 is 1.86 bits per heavy atom.